The number of hydrogen-bond acceptors (Lipinski definition) is 6. The van der Waals surface area contributed by atoms with Crippen LogP contribution in [0.4, 0.5) is 0 Å². The third-order valence-corrected chi connectivity index (χ3v) is 4.46. The highest BCUT2D eigenvalue weighted by atomic mass is 32.2. The number of rotatable bonds is 7. The molecule has 6 nitrogen and oxygen atoms in total. The van der Waals surface area contributed by atoms with Crippen LogP contribution in [0.1, 0.15) is 11.1 Å². The van der Waals surface area contributed by atoms with Crippen LogP contribution >= 0.6 is 0 Å². The molecule has 122 valence electrons. The quantitative estimate of drug-likeness (QED) is 0.611. The highest BCUT2D eigenvalue weighted by molar-refractivity contribution is 7.87. The molecule has 0 saturated carbocycles. The third-order valence-electron chi connectivity index (χ3n) is 3.23. The van der Waals surface area contributed by atoms with Crippen molar-refractivity contribution in [1.82, 2.24) is 0 Å². The lowest BCUT2D eigenvalue weighted by Crippen LogP contribution is -2.13. The molecule has 0 atom stereocenters. The van der Waals surface area contributed by atoms with Crippen LogP contribution in [0.5, 0.6) is 11.5 Å². The monoisotopic (exact) mass is 336 g/mol. The minimum atomic E-state index is -4.09. The molecule has 0 saturated heterocycles. The van der Waals surface area contributed by atoms with Crippen molar-refractivity contribution in [3.05, 3.63) is 53.6 Å². The predicted molar refractivity (Wildman–Crippen MR) is 82.9 cm³/mol. The smallest absolute Gasteiger partial charge is 0.339 e. The van der Waals surface area contributed by atoms with E-state index in [9.17, 15) is 18.3 Å². The maximum absolute atomic E-state index is 12.4. The van der Waals surface area contributed by atoms with Gasteiger partial charge >= 0.3 is 10.1 Å². The molecule has 0 aliphatic carbocycles. The normalized spacial score (nSPS) is 11.0. The number of methoxy groups -OCH3 is 1. The number of carbonyl (C=O) groups excluding carboxylic acids is 1. The van der Waals surface area contributed by atoms with Gasteiger partial charge in [-0.05, 0) is 23.8 Å². The molecule has 0 unspecified atom stereocenters. The van der Waals surface area contributed by atoms with Crippen molar-refractivity contribution in [3.8, 4) is 11.5 Å². The Bertz CT molecular complexity index is 784. The summed E-state index contributed by atoms with van der Waals surface area (Å²) in [4.78, 5) is 10.7. The second-order valence-electron chi connectivity index (χ2n) is 4.61. The summed E-state index contributed by atoms with van der Waals surface area (Å²) in [6.07, 6.45) is 0.693. The van der Waals surface area contributed by atoms with Crippen LogP contribution in [0.25, 0.3) is 0 Å². The highest BCUT2D eigenvalue weighted by Gasteiger charge is 2.23. The molecular formula is C16H16O6S. The summed E-state index contributed by atoms with van der Waals surface area (Å²) in [5.41, 5.74) is 0.678. The van der Waals surface area contributed by atoms with E-state index < -0.39 is 16.7 Å². The zero-order valence-corrected chi connectivity index (χ0v) is 13.2. The summed E-state index contributed by atoms with van der Waals surface area (Å²) < 4.78 is 35.1. The number of hydrogen-bond donors (Lipinski definition) is 1. The Morgan fingerprint density at radius 3 is 2.39 bits per heavy atom. The molecule has 1 N–H and O–H groups in total. The van der Waals surface area contributed by atoms with E-state index >= 15 is 0 Å². The summed E-state index contributed by atoms with van der Waals surface area (Å²) in [6.45, 7) is -0.486. The first-order chi connectivity index (χ1) is 11.0. The van der Waals surface area contributed by atoms with E-state index in [1.54, 1.807) is 24.3 Å². The standard InChI is InChI=1S/C16H16O6S/c1-21-15-8-7-12(9-10-17)14(11-18)16(15)22-23(19,20)13-5-3-2-4-6-13/h2-8,10,18H,9,11H2,1H3. The van der Waals surface area contributed by atoms with Crippen LogP contribution in [0.3, 0.4) is 0 Å². The first-order valence-corrected chi connectivity index (χ1v) is 8.17. The lowest BCUT2D eigenvalue weighted by molar-refractivity contribution is -0.107. The Kier molecular flexibility index (Phi) is 5.36. The van der Waals surface area contributed by atoms with E-state index in [2.05, 4.69) is 0 Å². The van der Waals surface area contributed by atoms with E-state index in [1.165, 1.54) is 25.3 Å². The van der Waals surface area contributed by atoms with Gasteiger partial charge in [-0.2, -0.15) is 8.42 Å². The van der Waals surface area contributed by atoms with Crippen molar-refractivity contribution in [2.24, 2.45) is 0 Å². The van der Waals surface area contributed by atoms with Crippen molar-refractivity contribution in [3.63, 3.8) is 0 Å². The fraction of sp³-hybridized carbons (Fsp3) is 0.188. The maximum Gasteiger partial charge on any atom is 0.339 e. The molecule has 7 heteroatoms. The van der Waals surface area contributed by atoms with E-state index in [-0.39, 0.29) is 28.4 Å². The average molecular weight is 336 g/mol. The molecule has 0 aliphatic rings. The molecule has 0 spiro atoms. The molecule has 0 fully saturated rings. The fourth-order valence-corrected chi connectivity index (χ4v) is 3.09. The van der Waals surface area contributed by atoms with Crippen LogP contribution in [0.2, 0.25) is 0 Å². The fourth-order valence-electron chi connectivity index (χ4n) is 2.10. The molecule has 2 rings (SSSR count). The molecular weight excluding hydrogens is 320 g/mol. The number of aliphatic hydroxyl groups excluding tert-OH is 1. The van der Waals surface area contributed by atoms with E-state index in [1.807, 2.05) is 0 Å². The van der Waals surface area contributed by atoms with Gasteiger partial charge in [-0.15, -0.1) is 0 Å². The van der Waals surface area contributed by atoms with Crippen molar-refractivity contribution in [1.29, 1.82) is 0 Å². The summed E-state index contributed by atoms with van der Waals surface area (Å²) in [5, 5.41) is 9.57. The lowest BCUT2D eigenvalue weighted by Gasteiger charge is -2.16. The van der Waals surface area contributed by atoms with Gasteiger partial charge in [0.15, 0.2) is 11.5 Å². The summed E-state index contributed by atoms with van der Waals surface area (Å²) in [7, 11) is -2.73. The SMILES string of the molecule is COc1ccc(CC=O)c(CO)c1OS(=O)(=O)c1ccccc1. The van der Waals surface area contributed by atoms with Crippen LogP contribution < -0.4 is 8.92 Å². The lowest BCUT2D eigenvalue weighted by atomic mass is 10.0. The molecule has 0 bridgehead atoms. The molecule has 2 aromatic carbocycles. The minimum absolute atomic E-state index is 0.0215. The summed E-state index contributed by atoms with van der Waals surface area (Å²) in [6, 6.07) is 10.7. The number of aliphatic hydroxyl groups is 1. The average Bonchev–Trinajstić information content (AvgIpc) is 2.56. The van der Waals surface area contributed by atoms with Gasteiger partial charge in [0, 0.05) is 12.0 Å². The maximum atomic E-state index is 12.4. The Labute approximate surface area is 134 Å². The van der Waals surface area contributed by atoms with Crippen LogP contribution in [0.15, 0.2) is 47.4 Å². The van der Waals surface area contributed by atoms with Crippen LogP contribution in [-0.4, -0.2) is 26.9 Å². The largest absolute Gasteiger partial charge is 0.493 e. The Morgan fingerprint density at radius 2 is 1.83 bits per heavy atom. The van der Waals surface area contributed by atoms with Gasteiger partial charge in [0.2, 0.25) is 0 Å². The molecule has 0 aromatic heterocycles. The van der Waals surface area contributed by atoms with E-state index in [4.69, 9.17) is 8.92 Å². The first-order valence-electron chi connectivity index (χ1n) is 6.76. The van der Waals surface area contributed by atoms with Crippen molar-refractivity contribution in [2.45, 2.75) is 17.9 Å². The van der Waals surface area contributed by atoms with Gasteiger partial charge in [0.05, 0.1) is 13.7 Å². The predicted octanol–water partition coefficient (Wildman–Crippen LogP) is 1.70. The van der Waals surface area contributed by atoms with Crippen molar-refractivity contribution in [2.75, 3.05) is 7.11 Å². The molecule has 23 heavy (non-hydrogen) atoms. The van der Waals surface area contributed by atoms with Gasteiger partial charge in [-0.1, -0.05) is 24.3 Å². The topological polar surface area (TPSA) is 89.9 Å². The van der Waals surface area contributed by atoms with Gasteiger partial charge in [0.25, 0.3) is 0 Å². The minimum Gasteiger partial charge on any atom is -0.493 e. The number of ether oxygens (including phenoxy) is 1. The second-order valence-corrected chi connectivity index (χ2v) is 6.16. The number of aldehydes is 1. The zero-order valence-electron chi connectivity index (χ0n) is 12.4. The second kappa shape index (κ2) is 7.26. The highest BCUT2D eigenvalue weighted by Crippen LogP contribution is 2.36. The molecule has 0 radical (unpaired) electrons. The first kappa shape index (κ1) is 17.0. The van der Waals surface area contributed by atoms with Gasteiger partial charge < -0.3 is 18.8 Å². The van der Waals surface area contributed by atoms with Crippen molar-refractivity contribution < 1.29 is 27.2 Å². The summed E-state index contributed by atoms with van der Waals surface area (Å²) >= 11 is 0. The number of carbonyl (C=O) groups is 1. The van der Waals surface area contributed by atoms with E-state index in [0.29, 0.717) is 11.8 Å². The summed E-state index contributed by atoms with van der Waals surface area (Å²) in [5.74, 6) is 0.0430. The molecule has 2 aromatic rings. The van der Waals surface area contributed by atoms with Crippen LogP contribution in [-0.2, 0) is 27.9 Å². The van der Waals surface area contributed by atoms with Gasteiger partial charge in [-0.3, -0.25) is 0 Å². The van der Waals surface area contributed by atoms with Gasteiger partial charge in [-0.25, -0.2) is 0 Å². The third kappa shape index (κ3) is 3.69. The van der Waals surface area contributed by atoms with Crippen molar-refractivity contribution >= 4 is 16.4 Å². The van der Waals surface area contributed by atoms with Crippen LogP contribution in [0, 0.1) is 0 Å². The van der Waals surface area contributed by atoms with E-state index in [0.717, 1.165) is 0 Å². The molecule has 0 amide bonds. The molecule has 0 heterocycles. The van der Waals surface area contributed by atoms with Gasteiger partial charge in [0.1, 0.15) is 11.2 Å². The Hall–Kier alpha value is -2.38. The zero-order chi connectivity index (χ0) is 16.9. The molecule has 0 aliphatic heterocycles. The Balaban J connectivity index is 2.53. The Morgan fingerprint density at radius 1 is 1.13 bits per heavy atom. The number of benzene rings is 2.